The van der Waals surface area contributed by atoms with E-state index >= 15 is 0 Å². The molecule has 0 atom stereocenters. The quantitative estimate of drug-likeness (QED) is 0.434. The van der Waals surface area contributed by atoms with Crippen LogP contribution in [0.4, 0.5) is 5.13 Å². The van der Waals surface area contributed by atoms with Gasteiger partial charge in [-0.25, -0.2) is 4.98 Å². The molecule has 0 bridgehead atoms. The number of thiazole rings is 1. The van der Waals surface area contributed by atoms with Gasteiger partial charge in [0.05, 0.1) is 0 Å². The number of amides is 1. The van der Waals surface area contributed by atoms with Gasteiger partial charge in [-0.1, -0.05) is 5.16 Å². The van der Waals surface area contributed by atoms with E-state index in [9.17, 15) is 4.79 Å². The molecule has 0 spiro atoms. The van der Waals surface area contributed by atoms with Gasteiger partial charge in [-0.15, -0.1) is 11.3 Å². The van der Waals surface area contributed by atoms with Crippen LogP contribution < -0.4 is 5.32 Å². The zero-order valence-corrected chi connectivity index (χ0v) is 9.65. The summed E-state index contributed by atoms with van der Waals surface area (Å²) in [6, 6.07) is 1.56. The summed E-state index contributed by atoms with van der Waals surface area (Å²) in [5, 5.41) is 22.6. The molecular weight excluding hydrogens is 242 g/mol. The molecule has 0 saturated heterocycles. The Morgan fingerprint density at radius 2 is 2.47 bits per heavy atom. The molecule has 2 aromatic heterocycles. The molecule has 88 valence electrons. The molecule has 0 radical (unpaired) electrons. The number of aromatic nitrogens is 3. The fourth-order valence-corrected chi connectivity index (χ4v) is 1.84. The Balaban J connectivity index is 2.10. The van der Waals surface area contributed by atoms with Crippen molar-refractivity contribution < 1.29 is 10.0 Å². The number of hydrogen-bond acceptors (Lipinski definition) is 6. The van der Waals surface area contributed by atoms with Gasteiger partial charge in [-0.05, 0) is 13.0 Å². The predicted molar refractivity (Wildman–Crippen MR) is 62.7 cm³/mol. The van der Waals surface area contributed by atoms with Gasteiger partial charge < -0.3 is 5.21 Å². The fraction of sp³-hybridized carbons (Fsp3) is 0.111. The van der Waals surface area contributed by atoms with E-state index < -0.39 is 0 Å². The lowest BCUT2D eigenvalue weighted by atomic mass is 10.3. The van der Waals surface area contributed by atoms with Crippen LogP contribution in [0.5, 0.6) is 0 Å². The summed E-state index contributed by atoms with van der Waals surface area (Å²) in [6.45, 7) is 1.62. The number of anilines is 1. The largest absolute Gasteiger partial charge is 0.411 e. The van der Waals surface area contributed by atoms with Gasteiger partial charge in [0.1, 0.15) is 17.1 Å². The Morgan fingerprint density at radius 3 is 3.12 bits per heavy atom. The standard InChI is InChI=1S/C9H9N5O2S/c1-5(14-16)7-4-17-9(11-7)12-8(15)6-2-3-10-13-6/h2-4,16H,1H3,(H,10,13)(H,11,12,15). The highest BCUT2D eigenvalue weighted by Crippen LogP contribution is 2.16. The molecule has 2 heterocycles. The van der Waals surface area contributed by atoms with Crippen LogP contribution in [-0.2, 0) is 0 Å². The maximum atomic E-state index is 11.6. The van der Waals surface area contributed by atoms with Crippen molar-refractivity contribution in [1.82, 2.24) is 15.2 Å². The first-order chi connectivity index (χ1) is 8.20. The summed E-state index contributed by atoms with van der Waals surface area (Å²) < 4.78 is 0. The van der Waals surface area contributed by atoms with Crippen molar-refractivity contribution in [3.05, 3.63) is 29.0 Å². The average Bonchev–Trinajstić information content (AvgIpc) is 2.98. The molecule has 7 nitrogen and oxygen atoms in total. The zero-order valence-electron chi connectivity index (χ0n) is 8.84. The molecule has 8 heteroatoms. The van der Waals surface area contributed by atoms with Crippen molar-refractivity contribution in [3.8, 4) is 0 Å². The van der Waals surface area contributed by atoms with E-state index in [1.54, 1.807) is 18.4 Å². The van der Waals surface area contributed by atoms with Crippen LogP contribution in [0.3, 0.4) is 0 Å². The van der Waals surface area contributed by atoms with E-state index in [-0.39, 0.29) is 5.91 Å². The molecule has 0 fully saturated rings. The van der Waals surface area contributed by atoms with Crippen molar-refractivity contribution >= 4 is 28.1 Å². The predicted octanol–water partition coefficient (Wildman–Crippen LogP) is 1.32. The number of carbonyl (C=O) groups excluding carboxylic acids is 1. The van der Waals surface area contributed by atoms with Crippen LogP contribution in [0.25, 0.3) is 0 Å². The van der Waals surface area contributed by atoms with E-state index in [1.165, 1.54) is 17.5 Å². The molecule has 1 amide bonds. The zero-order chi connectivity index (χ0) is 12.3. The molecule has 0 aliphatic rings. The van der Waals surface area contributed by atoms with Crippen molar-refractivity contribution in [3.63, 3.8) is 0 Å². The first kappa shape index (κ1) is 11.3. The SMILES string of the molecule is CC(=NO)c1csc(NC(=O)c2ccn[nH]2)n1. The second-order valence-electron chi connectivity index (χ2n) is 3.15. The van der Waals surface area contributed by atoms with E-state index in [4.69, 9.17) is 5.21 Å². The molecule has 0 aliphatic heterocycles. The number of hydrogen-bond donors (Lipinski definition) is 3. The lowest BCUT2D eigenvalue weighted by Crippen LogP contribution is -2.12. The highest BCUT2D eigenvalue weighted by molar-refractivity contribution is 7.14. The second-order valence-corrected chi connectivity index (χ2v) is 4.01. The first-order valence-corrected chi connectivity index (χ1v) is 5.54. The molecule has 0 aromatic carbocycles. The summed E-state index contributed by atoms with van der Waals surface area (Å²) in [7, 11) is 0. The fourth-order valence-electron chi connectivity index (χ4n) is 1.10. The van der Waals surface area contributed by atoms with Crippen LogP contribution in [-0.4, -0.2) is 32.0 Å². The summed E-state index contributed by atoms with van der Waals surface area (Å²) in [6.07, 6.45) is 1.49. The van der Waals surface area contributed by atoms with E-state index in [1.807, 2.05) is 0 Å². The Hall–Kier alpha value is -2.22. The minimum absolute atomic E-state index is 0.318. The number of carbonyl (C=O) groups is 1. The highest BCUT2D eigenvalue weighted by atomic mass is 32.1. The summed E-state index contributed by atoms with van der Waals surface area (Å²) >= 11 is 1.25. The van der Waals surface area contributed by atoms with Gasteiger partial charge in [0, 0.05) is 11.6 Å². The smallest absolute Gasteiger partial charge is 0.275 e. The maximum absolute atomic E-state index is 11.6. The topological polar surface area (TPSA) is 103 Å². The molecule has 2 rings (SSSR count). The van der Waals surface area contributed by atoms with Gasteiger partial charge in [0.25, 0.3) is 5.91 Å². The van der Waals surface area contributed by atoms with Crippen LogP contribution in [0.1, 0.15) is 23.1 Å². The van der Waals surface area contributed by atoms with Crippen molar-refractivity contribution in [1.29, 1.82) is 0 Å². The average molecular weight is 251 g/mol. The van der Waals surface area contributed by atoms with E-state index in [0.717, 1.165) is 0 Å². The number of aromatic amines is 1. The number of H-pyrrole nitrogens is 1. The van der Waals surface area contributed by atoms with Crippen LogP contribution in [0, 0.1) is 0 Å². The minimum Gasteiger partial charge on any atom is -0.411 e. The summed E-state index contributed by atoms with van der Waals surface area (Å²) in [5.41, 5.74) is 1.27. The van der Waals surface area contributed by atoms with Crippen LogP contribution in [0.15, 0.2) is 22.8 Å². The lowest BCUT2D eigenvalue weighted by molar-refractivity contribution is 0.102. The van der Waals surface area contributed by atoms with E-state index in [2.05, 4.69) is 25.7 Å². The third kappa shape index (κ3) is 2.48. The van der Waals surface area contributed by atoms with Crippen molar-refractivity contribution in [2.75, 3.05) is 5.32 Å². The number of oxime groups is 1. The number of nitrogens with one attached hydrogen (secondary N) is 2. The Kier molecular flexibility index (Phi) is 3.15. The molecule has 0 aliphatic carbocycles. The summed E-state index contributed by atoms with van der Waals surface area (Å²) in [5.74, 6) is -0.318. The van der Waals surface area contributed by atoms with Crippen LogP contribution >= 0.6 is 11.3 Å². The number of rotatable bonds is 3. The molecular formula is C9H9N5O2S. The van der Waals surface area contributed by atoms with Crippen molar-refractivity contribution in [2.45, 2.75) is 6.92 Å². The Bertz CT molecular complexity index is 545. The summed E-state index contributed by atoms with van der Waals surface area (Å²) in [4.78, 5) is 15.7. The highest BCUT2D eigenvalue weighted by Gasteiger charge is 2.10. The number of nitrogens with zero attached hydrogens (tertiary/aromatic N) is 3. The molecule has 17 heavy (non-hydrogen) atoms. The monoisotopic (exact) mass is 251 g/mol. The van der Waals surface area contributed by atoms with Gasteiger partial charge >= 0.3 is 0 Å². The first-order valence-electron chi connectivity index (χ1n) is 4.66. The van der Waals surface area contributed by atoms with E-state index in [0.29, 0.717) is 22.2 Å². The maximum Gasteiger partial charge on any atom is 0.275 e. The Morgan fingerprint density at radius 1 is 1.65 bits per heavy atom. The third-order valence-corrected chi connectivity index (χ3v) is 2.75. The van der Waals surface area contributed by atoms with Crippen LogP contribution in [0.2, 0.25) is 0 Å². The molecule has 0 saturated carbocycles. The van der Waals surface area contributed by atoms with Crippen molar-refractivity contribution in [2.24, 2.45) is 5.16 Å². The van der Waals surface area contributed by atoms with Gasteiger partial charge in [-0.3, -0.25) is 15.2 Å². The normalized spacial score (nSPS) is 11.5. The molecule has 0 unspecified atom stereocenters. The van der Waals surface area contributed by atoms with Gasteiger partial charge in [-0.2, -0.15) is 5.10 Å². The lowest BCUT2D eigenvalue weighted by Gasteiger charge is -1.97. The third-order valence-electron chi connectivity index (χ3n) is 1.99. The molecule has 2 aromatic rings. The second kappa shape index (κ2) is 4.74. The van der Waals surface area contributed by atoms with Gasteiger partial charge in [0.15, 0.2) is 5.13 Å². The Labute approximate surface area is 100 Å². The minimum atomic E-state index is -0.318. The molecule has 3 N–H and O–H groups in total. The van der Waals surface area contributed by atoms with Gasteiger partial charge in [0.2, 0.25) is 0 Å².